The number of aromatic nitrogens is 1. The molecule has 0 amide bonds. The first kappa shape index (κ1) is 12.9. The monoisotopic (exact) mass is 265 g/mol. The minimum Gasteiger partial charge on any atom is -0.398 e. The summed E-state index contributed by atoms with van der Waals surface area (Å²) in [6.45, 7) is 2.06. The Balaban J connectivity index is 2.50. The Bertz CT molecular complexity index is 555. The topological polar surface area (TPSA) is 71.2 Å². The van der Waals surface area contributed by atoms with E-state index < -0.39 is 0 Å². The van der Waals surface area contributed by atoms with Crippen LogP contribution in [-0.4, -0.2) is 22.7 Å². The van der Waals surface area contributed by atoms with Gasteiger partial charge in [0, 0.05) is 27.7 Å². The Kier molecular flexibility index (Phi) is 3.89. The van der Waals surface area contributed by atoms with Crippen molar-refractivity contribution in [3.63, 3.8) is 0 Å². The van der Waals surface area contributed by atoms with E-state index in [4.69, 9.17) is 17.3 Å². The highest BCUT2D eigenvalue weighted by atomic mass is 35.5. The van der Waals surface area contributed by atoms with Gasteiger partial charge in [0.25, 0.3) is 0 Å². The van der Waals surface area contributed by atoms with Crippen LogP contribution in [-0.2, 0) is 0 Å². The SMILES string of the molecule is CCC(CO)Nc1nccc2c(N)cc(Cl)cc12. The second-order valence-electron chi connectivity index (χ2n) is 4.18. The molecule has 1 unspecified atom stereocenters. The third-order valence-electron chi connectivity index (χ3n) is 2.93. The summed E-state index contributed by atoms with van der Waals surface area (Å²) in [6, 6.07) is 5.37. The Morgan fingerprint density at radius 2 is 2.22 bits per heavy atom. The molecule has 4 nitrogen and oxygen atoms in total. The van der Waals surface area contributed by atoms with Crippen molar-refractivity contribution in [3.05, 3.63) is 29.4 Å². The molecule has 0 aliphatic carbocycles. The Labute approximate surface area is 111 Å². The molecule has 1 aromatic carbocycles. The molecule has 0 radical (unpaired) electrons. The van der Waals surface area contributed by atoms with E-state index in [2.05, 4.69) is 10.3 Å². The molecule has 0 aliphatic rings. The van der Waals surface area contributed by atoms with Crippen LogP contribution in [0.15, 0.2) is 24.4 Å². The van der Waals surface area contributed by atoms with Gasteiger partial charge in [-0.3, -0.25) is 0 Å². The van der Waals surface area contributed by atoms with Crippen molar-refractivity contribution in [2.45, 2.75) is 19.4 Å². The second-order valence-corrected chi connectivity index (χ2v) is 4.62. The van der Waals surface area contributed by atoms with Gasteiger partial charge in [-0.15, -0.1) is 0 Å². The number of benzene rings is 1. The largest absolute Gasteiger partial charge is 0.398 e. The number of rotatable bonds is 4. The van der Waals surface area contributed by atoms with Crippen molar-refractivity contribution >= 4 is 33.9 Å². The normalized spacial score (nSPS) is 12.6. The number of hydrogen-bond acceptors (Lipinski definition) is 4. The van der Waals surface area contributed by atoms with Gasteiger partial charge in [-0.1, -0.05) is 18.5 Å². The molecule has 4 N–H and O–H groups in total. The molecule has 0 aliphatic heterocycles. The number of halogens is 1. The predicted octanol–water partition coefficient (Wildman–Crippen LogP) is 2.65. The fraction of sp³-hybridized carbons (Fsp3) is 0.308. The lowest BCUT2D eigenvalue weighted by Crippen LogP contribution is -2.23. The number of fused-ring (bicyclic) bond motifs is 1. The highest BCUT2D eigenvalue weighted by Gasteiger charge is 2.10. The maximum absolute atomic E-state index is 9.23. The lowest BCUT2D eigenvalue weighted by molar-refractivity contribution is 0.271. The van der Waals surface area contributed by atoms with Crippen molar-refractivity contribution in [2.24, 2.45) is 0 Å². The van der Waals surface area contributed by atoms with E-state index in [1.54, 1.807) is 12.3 Å². The molecule has 96 valence electrons. The first-order valence-electron chi connectivity index (χ1n) is 5.86. The number of nitrogens with zero attached hydrogens (tertiary/aromatic N) is 1. The molecule has 0 saturated heterocycles. The van der Waals surface area contributed by atoms with Gasteiger partial charge >= 0.3 is 0 Å². The summed E-state index contributed by atoms with van der Waals surface area (Å²) in [5, 5.41) is 14.8. The fourth-order valence-electron chi connectivity index (χ4n) is 1.86. The highest BCUT2D eigenvalue weighted by molar-refractivity contribution is 6.32. The number of nitrogen functional groups attached to an aromatic ring is 1. The number of anilines is 2. The van der Waals surface area contributed by atoms with E-state index in [9.17, 15) is 5.11 Å². The summed E-state index contributed by atoms with van der Waals surface area (Å²) in [5.74, 6) is 0.697. The van der Waals surface area contributed by atoms with Gasteiger partial charge in [-0.25, -0.2) is 4.98 Å². The van der Waals surface area contributed by atoms with E-state index in [0.29, 0.717) is 16.5 Å². The molecule has 1 heterocycles. The van der Waals surface area contributed by atoms with E-state index in [0.717, 1.165) is 17.2 Å². The minimum absolute atomic E-state index is 0.0247. The van der Waals surface area contributed by atoms with E-state index in [-0.39, 0.29) is 12.6 Å². The molecule has 1 aromatic heterocycles. The summed E-state index contributed by atoms with van der Waals surface area (Å²) in [6.07, 6.45) is 2.50. The van der Waals surface area contributed by atoms with Gasteiger partial charge in [-0.2, -0.15) is 0 Å². The average Bonchev–Trinajstić information content (AvgIpc) is 2.36. The van der Waals surface area contributed by atoms with Crippen LogP contribution in [0.25, 0.3) is 10.8 Å². The molecular formula is C13H16ClN3O. The van der Waals surface area contributed by atoms with Gasteiger partial charge in [-0.05, 0) is 24.6 Å². The maximum Gasteiger partial charge on any atom is 0.134 e. The van der Waals surface area contributed by atoms with Crippen LogP contribution in [0.5, 0.6) is 0 Å². The first-order chi connectivity index (χ1) is 8.65. The van der Waals surface area contributed by atoms with Crippen molar-refractivity contribution in [2.75, 3.05) is 17.7 Å². The molecule has 2 aromatic rings. The van der Waals surface area contributed by atoms with Crippen LogP contribution in [0.1, 0.15) is 13.3 Å². The zero-order chi connectivity index (χ0) is 13.1. The van der Waals surface area contributed by atoms with E-state index in [1.807, 2.05) is 19.1 Å². The molecule has 1 atom stereocenters. The van der Waals surface area contributed by atoms with Crippen LogP contribution < -0.4 is 11.1 Å². The van der Waals surface area contributed by atoms with Gasteiger partial charge in [0.1, 0.15) is 5.82 Å². The molecule has 0 fully saturated rings. The number of nitrogens with one attached hydrogen (secondary N) is 1. The molecule has 18 heavy (non-hydrogen) atoms. The number of hydrogen-bond donors (Lipinski definition) is 3. The predicted molar refractivity (Wildman–Crippen MR) is 76.0 cm³/mol. The molecule has 2 rings (SSSR count). The molecule has 0 spiro atoms. The minimum atomic E-state index is -0.0247. The van der Waals surface area contributed by atoms with Gasteiger partial charge in [0.15, 0.2) is 0 Å². The van der Waals surface area contributed by atoms with Crippen LogP contribution in [0.2, 0.25) is 5.02 Å². The lowest BCUT2D eigenvalue weighted by Gasteiger charge is -2.16. The highest BCUT2D eigenvalue weighted by Crippen LogP contribution is 2.30. The van der Waals surface area contributed by atoms with Crippen molar-refractivity contribution < 1.29 is 5.11 Å². The number of pyridine rings is 1. The van der Waals surface area contributed by atoms with Crippen molar-refractivity contribution in [1.29, 1.82) is 0 Å². The van der Waals surface area contributed by atoms with Gasteiger partial charge < -0.3 is 16.2 Å². The average molecular weight is 266 g/mol. The van der Waals surface area contributed by atoms with Gasteiger partial charge in [0.2, 0.25) is 0 Å². The maximum atomic E-state index is 9.23. The summed E-state index contributed by atoms with van der Waals surface area (Å²) in [5.41, 5.74) is 6.56. The summed E-state index contributed by atoms with van der Waals surface area (Å²) < 4.78 is 0. The van der Waals surface area contributed by atoms with Gasteiger partial charge in [0.05, 0.1) is 12.6 Å². The third kappa shape index (κ3) is 2.49. The number of aliphatic hydroxyl groups is 1. The molecular weight excluding hydrogens is 250 g/mol. The zero-order valence-electron chi connectivity index (χ0n) is 10.2. The molecule has 0 saturated carbocycles. The van der Waals surface area contributed by atoms with Crippen LogP contribution in [0.3, 0.4) is 0 Å². The summed E-state index contributed by atoms with van der Waals surface area (Å²) in [7, 11) is 0. The quantitative estimate of drug-likeness (QED) is 0.743. The molecule has 0 bridgehead atoms. The van der Waals surface area contributed by atoms with E-state index in [1.165, 1.54) is 0 Å². The van der Waals surface area contributed by atoms with Crippen LogP contribution in [0.4, 0.5) is 11.5 Å². The number of nitrogens with two attached hydrogens (primary N) is 1. The summed E-state index contributed by atoms with van der Waals surface area (Å²) >= 11 is 6.02. The second kappa shape index (κ2) is 5.42. The summed E-state index contributed by atoms with van der Waals surface area (Å²) in [4.78, 5) is 4.29. The standard InChI is InChI=1S/C13H16ClN3O/c1-2-9(7-18)17-13-11-5-8(14)6-12(15)10(11)3-4-16-13/h3-6,9,18H,2,7,15H2,1H3,(H,16,17). The lowest BCUT2D eigenvalue weighted by atomic mass is 10.1. The third-order valence-corrected chi connectivity index (χ3v) is 3.15. The fourth-order valence-corrected chi connectivity index (χ4v) is 2.09. The smallest absolute Gasteiger partial charge is 0.134 e. The number of aliphatic hydroxyl groups excluding tert-OH is 1. The first-order valence-corrected chi connectivity index (χ1v) is 6.24. The Morgan fingerprint density at radius 1 is 1.44 bits per heavy atom. The zero-order valence-corrected chi connectivity index (χ0v) is 10.9. The van der Waals surface area contributed by atoms with Crippen molar-refractivity contribution in [3.8, 4) is 0 Å². The van der Waals surface area contributed by atoms with Crippen molar-refractivity contribution in [1.82, 2.24) is 4.98 Å². The Morgan fingerprint density at radius 3 is 2.89 bits per heavy atom. The Hall–Kier alpha value is -1.52. The molecule has 5 heteroatoms. The van der Waals surface area contributed by atoms with Crippen LogP contribution in [0, 0.1) is 0 Å². The van der Waals surface area contributed by atoms with Crippen LogP contribution >= 0.6 is 11.6 Å². The van der Waals surface area contributed by atoms with E-state index >= 15 is 0 Å².